The zero-order valence-corrected chi connectivity index (χ0v) is 15.6. The number of nitrogens with one attached hydrogen (secondary N) is 1. The van der Waals surface area contributed by atoms with Crippen molar-refractivity contribution in [3.8, 4) is 0 Å². The van der Waals surface area contributed by atoms with E-state index < -0.39 is 12.0 Å². The third kappa shape index (κ3) is 15.5. The van der Waals surface area contributed by atoms with Crippen LogP contribution in [0.1, 0.15) is 84.0 Å². The number of guanidine groups is 1. The van der Waals surface area contributed by atoms with Gasteiger partial charge in [-0.1, -0.05) is 58.3 Å². The van der Waals surface area contributed by atoms with Crippen LogP contribution in [0.4, 0.5) is 0 Å². The van der Waals surface area contributed by atoms with Crippen molar-refractivity contribution in [2.75, 3.05) is 6.54 Å². The first kappa shape index (κ1) is 23.2. The molecule has 1 atom stereocenters. The van der Waals surface area contributed by atoms with Gasteiger partial charge < -0.3 is 21.9 Å². The van der Waals surface area contributed by atoms with E-state index >= 15 is 0 Å². The monoisotopic (exact) mass is 356 g/mol. The molecule has 25 heavy (non-hydrogen) atoms. The topological polar surface area (TPSA) is 131 Å². The van der Waals surface area contributed by atoms with Crippen LogP contribution in [0.3, 0.4) is 0 Å². The van der Waals surface area contributed by atoms with E-state index in [-0.39, 0.29) is 11.9 Å². The van der Waals surface area contributed by atoms with Gasteiger partial charge in [0.05, 0.1) is 0 Å². The number of aliphatic imine (C=N–C) groups is 1. The lowest BCUT2D eigenvalue weighted by Crippen LogP contribution is -2.40. The van der Waals surface area contributed by atoms with Crippen molar-refractivity contribution < 1.29 is 14.7 Å². The molecular formula is C18H36N4O3. The number of hydrogen-bond acceptors (Lipinski definition) is 3. The number of hydrogen-bond donors (Lipinski definition) is 4. The molecule has 0 aliphatic rings. The Morgan fingerprint density at radius 1 is 0.960 bits per heavy atom. The highest BCUT2D eigenvalue weighted by molar-refractivity contribution is 5.83. The molecule has 0 fully saturated rings. The Morgan fingerprint density at radius 3 is 2.04 bits per heavy atom. The van der Waals surface area contributed by atoms with Crippen LogP contribution in [-0.4, -0.2) is 35.5 Å². The zero-order valence-electron chi connectivity index (χ0n) is 15.6. The molecule has 7 nitrogen and oxygen atoms in total. The molecule has 1 unspecified atom stereocenters. The van der Waals surface area contributed by atoms with Crippen molar-refractivity contribution in [1.82, 2.24) is 5.32 Å². The average molecular weight is 357 g/mol. The fraction of sp³-hybridized carbons (Fsp3) is 0.833. The Hall–Kier alpha value is -1.79. The molecule has 0 saturated heterocycles. The van der Waals surface area contributed by atoms with E-state index in [4.69, 9.17) is 16.6 Å². The molecule has 0 radical (unpaired) electrons. The van der Waals surface area contributed by atoms with E-state index in [1.165, 1.54) is 38.5 Å². The van der Waals surface area contributed by atoms with Gasteiger partial charge in [0, 0.05) is 13.0 Å². The van der Waals surface area contributed by atoms with Crippen molar-refractivity contribution in [2.45, 2.75) is 90.0 Å². The summed E-state index contributed by atoms with van der Waals surface area (Å²) in [6.45, 7) is 2.57. The van der Waals surface area contributed by atoms with E-state index in [1.54, 1.807) is 0 Å². The van der Waals surface area contributed by atoms with Gasteiger partial charge in [-0.3, -0.25) is 9.79 Å². The summed E-state index contributed by atoms with van der Waals surface area (Å²) in [5, 5.41) is 11.7. The SMILES string of the molecule is CCCCCCCCCCCC(=O)NC(CCCN=C(N)N)C(=O)O. The Balaban J connectivity index is 3.75. The van der Waals surface area contributed by atoms with Gasteiger partial charge in [-0.25, -0.2) is 4.79 Å². The number of rotatable bonds is 16. The lowest BCUT2D eigenvalue weighted by atomic mass is 10.1. The number of aliphatic carboxylic acids is 1. The van der Waals surface area contributed by atoms with Gasteiger partial charge in [0.1, 0.15) is 6.04 Å². The Kier molecular flexibility index (Phi) is 14.6. The van der Waals surface area contributed by atoms with Crippen LogP contribution >= 0.6 is 0 Å². The van der Waals surface area contributed by atoms with Crippen LogP contribution in [0, 0.1) is 0 Å². The van der Waals surface area contributed by atoms with Crippen LogP contribution in [0.25, 0.3) is 0 Å². The van der Waals surface area contributed by atoms with Crippen LogP contribution in [0.15, 0.2) is 4.99 Å². The van der Waals surface area contributed by atoms with Crippen molar-refractivity contribution in [1.29, 1.82) is 0 Å². The summed E-state index contributed by atoms with van der Waals surface area (Å²) in [6.07, 6.45) is 11.9. The first-order chi connectivity index (χ1) is 12.0. The molecular weight excluding hydrogens is 320 g/mol. The number of carbonyl (C=O) groups is 2. The molecule has 0 aromatic carbocycles. The summed E-state index contributed by atoms with van der Waals surface area (Å²) in [6, 6.07) is -0.875. The summed E-state index contributed by atoms with van der Waals surface area (Å²) in [4.78, 5) is 26.9. The number of carboxylic acid groups (broad SMARTS) is 1. The molecule has 6 N–H and O–H groups in total. The minimum atomic E-state index is -1.02. The van der Waals surface area contributed by atoms with E-state index in [2.05, 4.69) is 17.2 Å². The molecule has 0 rings (SSSR count). The van der Waals surface area contributed by atoms with Crippen LogP contribution in [0.5, 0.6) is 0 Å². The van der Waals surface area contributed by atoms with Gasteiger partial charge in [0.2, 0.25) is 5.91 Å². The third-order valence-corrected chi connectivity index (χ3v) is 4.09. The standard InChI is InChI=1S/C18H36N4O3/c1-2-3-4-5-6-7-8-9-10-13-16(23)22-15(17(24)25)12-11-14-21-18(19)20/h15H,2-14H2,1H3,(H,22,23)(H,24,25)(H4,19,20,21). The van der Waals surface area contributed by atoms with E-state index in [1.807, 2.05) is 0 Å². The van der Waals surface area contributed by atoms with Gasteiger partial charge in [0.15, 0.2) is 5.96 Å². The second-order valence-electron chi connectivity index (χ2n) is 6.49. The number of unbranched alkanes of at least 4 members (excludes halogenated alkanes) is 8. The molecule has 7 heteroatoms. The van der Waals surface area contributed by atoms with Gasteiger partial charge in [-0.05, 0) is 19.3 Å². The third-order valence-electron chi connectivity index (χ3n) is 4.09. The molecule has 0 bridgehead atoms. The Morgan fingerprint density at radius 2 is 1.52 bits per heavy atom. The minimum absolute atomic E-state index is 0.0127. The quantitative estimate of drug-likeness (QED) is 0.192. The van der Waals surface area contributed by atoms with Gasteiger partial charge >= 0.3 is 5.97 Å². The van der Waals surface area contributed by atoms with Gasteiger partial charge in [-0.2, -0.15) is 0 Å². The Bertz CT molecular complexity index is 396. The van der Waals surface area contributed by atoms with Crippen molar-refractivity contribution in [3.63, 3.8) is 0 Å². The smallest absolute Gasteiger partial charge is 0.326 e. The van der Waals surface area contributed by atoms with Crippen LogP contribution in [-0.2, 0) is 9.59 Å². The highest BCUT2D eigenvalue weighted by atomic mass is 16.4. The summed E-state index contributed by atoms with van der Waals surface area (Å²) >= 11 is 0. The number of amides is 1. The number of nitrogens with zero attached hydrogens (tertiary/aromatic N) is 1. The molecule has 1 amide bonds. The summed E-state index contributed by atoms with van der Waals surface area (Å²) in [7, 11) is 0. The maximum atomic E-state index is 11.9. The van der Waals surface area contributed by atoms with Crippen LogP contribution in [0.2, 0.25) is 0 Å². The molecule has 0 heterocycles. The molecule has 0 aromatic heterocycles. The fourth-order valence-electron chi connectivity index (χ4n) is 2.62. The second-order valence-corrected chi connectivity index (χ2v) is 6.49. The largest absolute Gasteiger partial charge is 0.480 e. The van der Waals surface area contributed by atoms with E-state index in [9.17, 15) is 9.59 Å². The Labute approximate surface area is 151 Å². The highest BCUT2D eigenvalue weighted by Gasteiger charge is 2.18. The van der Waals surface area contributed by atoms with Gasteiger partial charge in [-0.15, -0.1) is 0 Å². The van der Waals surface area contributed by atoms with Crippen molar-refractivity contribution >= 4 is 17.8 Å². The average Bonchev–Trinajstić information content (AvgIpc) is 2.55. The predicted molar refractivity (Wildman–Crippen MR) is 101 cm³/mol. The van der Waals surface area contributed by atoms with E-state index in [0.29, 0.717) is 25.8 Å². The number of nitrogens with two attached hydrogens (primary N) is 2. The number of carbonyl (C=O) groups excluding carboxylic acids is 1. The lowest BCUT2D eigenvalue weighted by Gasteiger charge is -2.14. The molecule has 0 aliphatic carbocycles. The minimum Gasteiger partial charge on any atom is -0.480 e. The summed E-state index contributed by atoms with van der Waals surface area (Å²) in [5.74, 6) is -1.23. The first-order valence-corrected chi connectivity index (χ1v) is 9.55. The second kappa shape index (κ2) is 15.7. The first-order valence-electron chi connectivity index (χ1n) is 9.55. The summed E-state index contributed by atoms with van der Waals surface area (Å²) < 4.78 is 0. The molecule has 146 valence electrons. The van der Waals surface area contributed by atoms with Crippen molar-refractivity contribution in [2.24, 2.45) is 16.5 Å². The molecule has 0 saturated carbocycles. The normalized spacial score (nSPS) is 11.7. The molecule has 0 aromatic rings. The summed E-state index contributed by atoms with van der Waals surface area (Å²) in [5.41, 5.74) is 10.4. The maximum Gasteiger partial charge on any atom is 0.326 e. The maximum absolute atomic E-state index is 11.9. The van der Waals surface area contributed by atoms with Crippen molar-refractivity contribution in [3.05, 3.63) is 0 Å². The molecule has 0 aliphatic heterocycles. The fourth-order valence-corrected chi connectivity index (χ4v) is 2.62. The highest BCUT2D eigenvalue weighted by Crippen LogP contribution is 2.10. The molecule has 0 spiro atoms. The van der Waals surface area contributed by atoms with E-state index in [0.717, 1.165) is 19.3 Å². The number of carboxylic acids is 1. The lowest BCUT2D eigenvalue weighted by molar-refractivity contribution is -0.142. The zero-order chi connectivity index (χ0) is 18.9. The van der Waals surface area contributed by atoms with Gasteiger partial charge in [0.25, 0.3) is 0 Å². The predicted octanol–water partition coefficient (Wildman–Crippen LogP) is 2.53. The van der Waals surface area contributed by atoms with Crippen LogP contribution < -0.4 is 16.8 Å².